The highest BCUT2D eigenvalue weighted by Gasteiger charge is 2.20. The average Bonchev–Trinajstić information content (AvgIpc) is 2.39. The summed E-state index contributed by atoms with van der Waals surface area (Å²) in [5.41, 5.74) is 0. The minimum absolute atomic E-state index is 0.240. The van der Waals surface area contributed by atoms with Crippen LogP contribution in [0.3, 0.4) is 0 Å². The molecule has 0 bridgehead atoms. The van der Waals surface area contributed by atoms with Crippen molar-refractivity contribution in [3.05, 3.63) is 12.7 Å². The number of amides is 1. The molecule has 0 fully saturated rings. The third-order valence-electron chi connectivity index (χ3n) is 3.63. The smallest absolute Gasteiger partial charge is 0.225 e. The molecule has 0 saturated heterocycles. The Morgan fingerprint density at radius 1 is 1.11 bits per heavy atom. The molecule has 0 saturated carbocycles. The lowest BCUT2D eigenvalue weighted by Gasteiger charge is -2.24. The SMILES string of the molecule is C=CCCCCCCC(CC)C(=O)N(CC)CC. The first-order chi connectivity index (χ1) is 8.71. The van der Waals surface area contributed by atoms with Crippen molar-refractivity contribution in [1.29, 1.82) is 0 Å². The molecular formula is C16H31NO. The zero-order chi connectivity index (χ0) is 13.8. The molecule has 0 aromatic rings. The molecule has 1 unspecified atom stereocenters. The number of hydrogen-bond donors (Lipinski definition) is 0. The van der Waals surface area contributed by atoms with E-state index in [9.17, 15) is 4.79 Å². The summed E-state index contributed by atoms with van der Waals surface area (Å²) in [6, 6.07) is 0. The van der Waals surface area contributed by atoms with Gasteiger partial charge in [-0.2, -0.15) is 0 Å². The zero-order valence-electron chi connectivity index (χ0n) is 12.6. The van der Waals surface area contributed by atoms with Crippen LogP contribution in [0.25, 0.3) is 0 Å². The van der Waals surface area contributed by atoms with Crippen LogP contribution in [0, 0.1) is 5.92 Å². The van der Waals surface area contributed by atoms with Gasteiger partial charge >= 0.3 is 0 Å². The van der Waals surface area contributed by atoms with Crippen LogP contribution in [0.15, 0.2) is 12.7 Å². The highest BCUT2D eigenvalue weighted by atomic mass is 16.2. The Bertz CT molecular complexity index is 221. The quantitative estimate of drug-likeness (QED) is 0.394. The first-order valence-electron chi connectivity index (χ1n) is 7.60. The summed E-state index contributed by atoms with van der Waals surface area (Å²) in [6.07, 6.45) is 10.1. The molecule has 0 heterocycles. The predicted molar refractivity (Wildman–Crippen MR) is 79.6 cm³/mol. The summed E-state index contributed by atoms with van der Waals surface area (Å²) in [7, 11) is 0. The maximum absolute atomic E-state index is 12.2. The van der Waals surface area contributed by atoms with Crippen LogP contribution in [-0.4, -0.2) is 23.9 Å². The molecule has 106 valence electrons. The fourth-order valence-electron chi connectivity index (χ4n) is 2.33. The largest absolute Gasteiger partial charge is 0.343 e. The van der Waals surface area contributed by atoms with Crippen molar-refractivity contribution in [1.82, 2.24) is 4.90 Å². The Morgan fingerprint density at radius 2 is 1.72 bits per heavy atom. The van der Waals surface area contributed by atoms with Crippen LogP contribution in [0.1, 0.15) is 65.7 Å². The Morgan fingerprint density at radius 3 is 2.22 bits per heavy atom. The van der Waals surface area contributed by atoms with Gasteiger partial charge in [0.1, 0.15) is 0 Å². The van der Waals surface area contributed by atoms with E-state index in [0.29, 0.717) is 5.91 Å². The monoisotopic (exact) mass is 253 g/mol. The Hall–Kier alpha value is -0.790. The van der Waals surface area contributed by atoms with Crippen molar-refractivity contribution in [3.63, 3.8) is 0 Å². The van der Waals surface area contributed by atoms with E-state index in [4.69, 9.17) is 0 Å². The minimum Gasteiger partial charge on any atom is -0.343 e. The standard InChI is InChI=1S/C16H31NO/c1-5-9-10-11-12-13-14-15(6-2)16(18)17(7-3)8-4/h5,15H,1,6-14H2,2-4H3. The van der Waals surface area contributed by atoms with E-state index in [1.54, 1.807) is 0 Å². The molecule has 0 rings (SSSR count). The van der Waals surface area contributed by atoms with Gasteiger partial charge in [0.25, 0.3) is 0 Å². The van der Waals surface area contributed by atoms with Crippen molar-refractivity contribution in [2.75, 3.05) is 13.1 Å². The van der Waals surface area contributed by atoms with Gasteiger partial charge in [-0.3, -0.25) is 4.79 Å². The summed E-state index contributed by atoms with van der Waals surface area (Å²) in [4.78, 5) is 14.2. The molecule has 0 aromatic heterocycles. The topological polar surface area (TPSA) is 20.3 Å². The summed E-state index contributed by atoms with van der Waals surface area (Å²) >= 11 is 0. The number of allylic oxidation sites excluding steroid dienone is 1. The molecule has 0 aliphatic heterocycles. The molecule has 2 heteroatoms. The first-order valence-corrected chi connectivity index (χ1v) is 7.60. The molecular weight excluding hydrogens is 222 g/mol. The number of unbranched alkanes of at least 4 members (excludes halogenated alkanes) is 4. The fraction of sp³-hybridized carbons (Fsp3) is 0.812. The summed E-state index contributed by atoms with van der Waals surface area (Å²) in [5.74, 6) is 0.595. The Balaban J connectivity index is 3.88. The van der Waals surface area contributed by atoms with Gasteiger partial charge in [0.2, 0.25) is 5.91 Å². The lowest BCUT2D eigenvalue weighted by atomic mass is 9.96. The van der Waals surface area contributed by atoms with Crippen LogP contribution >= 0.6 is 0 Å². The summed E-state index contributed by atoms with van der Waals surface area (Å²) in [5, 5.41) is 0. The molecule has 0 N–H and O–H groups in total. The predicted octanol–water partition coefficient (Wildman–Crippen LogP) is 4.41. The first kappa shape index (κ1) is 17.2. The molecule has 1 amide bonds. The maximum Gasteiger partial charge on any atom is 0.225 e. The Kier molecular flexibility index (Phi) is 10.8. The van der Waals surface area contributed by atoms with Crippen molar-refractivity contribution in [2.24, 2.45) is 5.92 Å². The molecule has 0 radical (unpaired) electrons. The van der Waals surface area contributed by atoms with E-state index in [1.165, 1.54) is 25.7 Å². The fourth-order valence-corrected chi connectivity index (χ4v) is 2.33. The summed E-state index contributed by atoms with van der Waals surface area (Å²) < 4.78 is 0. The molecule has 0 aromatic carbocycles. The normalized spacial score (nSPS) is 12.2. The van der Waals surface area contributed by atoms with Crippen LogP contribution in [-0.2, 0) is 4.79 Å². The number of hydrogen-bond acceptors (Lipinski definition) is 1. The van der Waals surface area contributed by atoms with E-state index in [2.05, 4.69) is 27.4 Å². The molecule has 0 aliphatic carbocycles. The molecule has 2 nitrogen and oxygen atoms in total. The molecule has 18 heavy (non-hydrogen) atoms. The molecule has 0 aliphatic rings. The van der Waals surface area contributed by atoms with E-state index >= 15 is 0 Å². The number of nitrogens with zero attached hydrogens (tertiary/aromatic N) is 1. The van der Waals surface area contributed by atoms with Gasteiger partial charge in [-0.05, 0) is 39.5 Å². The number of carbonyl (C=O) groups is 1. The maximum atomic E-state index is 12.2. The average molecular weight is 253 g/mol. The second-order valence-electron chi connectivity index (χ2n) is 4.90. The number of rotatable bonds is 11. The second-order valence-corrected chi connectivity index (χ2v) is 4.90. The molecule has 1 atom stereocenters. The third-order valence-corrected chi connectivity index (χ3v) is 3.63. The van der Waals surface area contributed by atoms with Crippen molar-refractivity contribution < 1.29 is 4.79 Å². The van der Waals surface area contributed by atoms with Crippen molar-refractivity contribution >= 4 is 5.91 Å². The van der Waals surface area contributed by atoms with Crippen molar-refractivity contribution in [2.45, 2.75) is 65.7 Å². The van der Waals surface area contributed by atoms with Gasteiger partial charge in [-0.15, -0.1) is 6.58 Å². The van der Waals surface area contributed by atoms with Gasteiger partial charge in [0, 0.05) is 19.0 Å². The van der Waals surface area contributed by atoms with E-state index in [-0.39, 0.29) is 5.92 Å². The van der Waals surface area contributed by atoms with E-state index in [0.717, 1.165) is 32.4 Å². The molecule has 0 spiro atoms. The van der Waals surface area contributed by atoms with Gasteiger partial charge < -0.3 is 4.90 Å². The second kappa shape index (κ2) is 11.3. The van der Waals surface area contributed by atoms with Crippen molar-refractivity contribution in [3.8, 4) is 0 Å². The van der Waals surface area contributed by atoms with Crippen LogP contribution in [0.2, 0.25) is 0 Å². The van der Waals surface area contributed by atoms with Crippen LogP contribution in [0.4, 0.5) is 0 Å². The Labute approximate surface area is 113 Å². The van der Waals surface area contributed by atoms with Gasteiger partial charge in [0.05, 0.1) is 0 Å². The minimum atomic E-state index is 0.240. The van der Waals surface area contributed by atoms with Crippen LogP contribution in [0.5, 0.6) is 0 Å². The van der Waals surface area contributed by atoms with Gasteiger partial charge in [0.15, 0.2) is 0 Å². The van der Waals surface area contributed by atoms with Gasteiger partial charge in [-0.25, -0.2) is 0 Å². The zero-order valence-corrected chi connectivity index (χ0v) is 12.6. The van der Waals surface area contributed by atoms with Gasteiger partial charge in [-0.1, -0.05) is 32.3 Å². The summed E-state index contributed by atoms with van der Waals surface area (Å²) in [6.45, 7) is 11.7. The lowest BCUT2D eigenvalue weighted by Crippen LogP contribution is -2.35. The van der Waals surface area contributed by atoms with Crippen LogP contribution < -0.4 is 0 Å². The lowest BCUT2D eigenvalue weighted by molar-refractivity contribution is -0.135. The van der Waals surface area contributed by atoms with E-state index in [1.807, 2.05) is 11.0 Å². The van der Waals surface area contributed by atoms with E-state index < -0.39 is 0 Å². The highest BCUT2D eigenvalue weighted by Crippen LogP contribution is 2.17. The third kappa shape index (κ3) is 6.83. The number of carbonyl (C=O) groups excluding carboxylic acids is 1. The highest BCUT2D eigenvalue weighted by molar-refractivity contribution is 5.78.